The van der Waals surface area contributed by atoms with Crippen LogP contribution in [0.5, 0.6) is 0 Å². The molecule has 1 amide bonds. The number of nitrogens with one attached hydrogen (secondary N) is 1. The van der Waals surface area contributed by atoms with Crippen LogP contribution < -0.4 is 5.32 Å². The molecule has 0 aliphatic rings. The summed E-state index contributed by atoms with van der Waals surface area (Å²) in [6.07, 6.45) is 66.7. The molecule has 0 saturated heterocycles. The first kappa shape index (κ1) is 65.9. The fourth-order valence-corrected chi connectivity index (χ4v) is 9.94. The van der Waals surface area contributed by atoms with Crippen molar-refractivity contribution in [1.29, 1.82) is 0 Å². The average Bonchev–Trinajstić information content (AvgIpc) is 3.33. The minimum absolute atomic E-state index is 0.000767. The Morgan fingerprint density at radius 3 is 0.910 bits per heavy atom. The minimum Gasteiger partial charge on any atom is -0.466 e. The van der Waals surface area contributed by atoms with Crippen molar-refractivity contribution >= 4 is 11.9 Å². The van der Waals surface area contributed by atoms with E-state index in [4.69, 9.17) is 4.74 Å². The molecule has 2 unspecified atom stereocenters. The standard InChI is InChI=1S/C61H121NO5/c1-3-5-7-9-11-13-15-17-19-21-23-25-27-31-35-39-43-47-51-55-61(66)67-56-52-48-44-40-36-32-28-30-34-38-42-46-50-54-60(65)62-58(57-63)59(64)53-49-45-41-37-33-29-26-24-22-20-18-16-14-12-10-8-6-4-2/h58-59,63-64H,3-57H2,1-2H3,(H,62,65). The van der Waals surface area contributed by atoms with Gasteiger partial charge >= 0.3 is 5.97 Å². The molecule has 0 aromatic carbocycles. The number of hydrogen-bond acceptors (Lipinski definition) is 5. The molecule has 0 spiro atoms. The second-order valence-electron chi connectivity index (χ2n) is 21.4. The summed E-state index contributed by atoms with van der Waals surface area (Å²) in [5.74, 6) is -0.0427. The van der Waals surface area contributed by atoms with Crippen LogP contribution in [0, 0.1) is 0 Å². The lowest BCUT2D eigenvalue weighted by atomic mass is 10.0. The molecule has 2 atom stereocenters. The van der Waals surface area contributed by atoms with Gasteiger partial charge in [-0.3, -0.25) is 9.59 Å². The Balaban J connectivity index is 3.40. The van der Waals surface area contributed by atoms with E-state index >= 15 is 0 Å². The van der Waals surface area contributed by atoms with E-state index in [-0.39, 0.29) is 18.5 Å². The zero-order valence-corrected chi connectivity index (χ0v) is 45.7. The summed E-state index contributed by atoms with van der Waals surface area (Å²) in [6, 6.07) is -0.550. The third-order valence-electron chi connectivity index (χ3n) is 14.7. The SMILES string of the molecule is CCCCCCCCCCCCCCCCCCCCCC(=O)OCCCCCCCCCCCCCCCC(=O)NC(CO)C(O)CCCCCCCCCCCCCCCCCCCC. The average molecular weight is 949 g/mol. The van der Waals surface area contributed by atoms with Crippen molar-refractivity contribution in [3.05, 3.63) is 0 Å². The third-order valence-corrected chi connectivity index (χ3v) is 14.7. The van der Waals surface area contributed by atoms with Crippen LogP contribution in [-0.2, 0) is 14.3 Å². The molecule has 0 heterocycles. The van der Waals surface area contributed by atoms with Crippen molar-refractivity contribution in [1.82, 2.24) is 5.32 Å². The van der Waals surface area contributed by atoms with Crippen molar-refractivity contribution in [2.45, 2.75) is 366 Å². The molecule has 0 fully saturated rings. The summed E-state index contributed by atoms with van der Waals surface area (Å²) in [7, 11) is 0. The summed E-state index contributed by atoms with van der Waals surface area (Å²) in [5, 5.41) is 23.3. The molecule has 6 heteroatoms. The van der Waals surface area contributed by atoms with Crippen LogP contribution in [-0.4, -0.2) is 47.4 Å². The lowest BCUT2D eigenvalue weighted by molar-refractivity contribution is -0.143. The lowest BCUT2D eigenvalue weighted by Gasteiger charge is -2.22. The number of rotatable bonds is 58. The first-order valence-electron chi connectivity index (χ1n) is 30.8. The van der Waals surface area contributed by atoms with Crippen molar-refractivity contribution < 1.29 is 24.5 Å². The first-order valence-corrected chi connectivity index (χ1v) is 30.8. The molecule has 0 aromatic heterocycles. The molecule has 3 N–H and O–H groups in total. The topological polar surface area (TPSA) is 95.9 Å². The number of carbonyl (C=O) groups is 2. The van der Waals surface area contributed by atoms with Gasteiger partial charge in [-0.15, -0.1) is 0 Å². The number of aliphatic hydroxyl groups excluding tert-OH is 2. The van der Waals surface area contributed by atoms with Gasteiger partial charge < -0.3 is 20.3 Å². The van der Waals surface area contributed by atoms with Crippen LogP contribution in [0.25, 0.3) is 0 Å². The largest absolute Gasteiger partial charge is 0.466 e. The van der Waals surface area contributed by atoms with Gasteiger partial charge in [0.25, 0.3) is 0 Å². The van der Waals surface area contributed by atoms with E-state index in [1.165, 1.54) is 270 Å². The zero-order valence-electron chi connectivity index (χ0n) is 45.7. The number of ether oxygens (including phenoxy) is 1. The quantitative estimate of drug-likeness (QED) is 0.0417. The summed E-state index contributed by atoms with van der Waals surface area (Å²) in [4.78, 5) is 24.6. The molecular weight excluding hydrogens is 827 g/mol. The molecule has 0 radical (unpaired) electrons. The van der Waals surface area contributed by atoms with Gasteiger partial charge in [-0.25, -0.2) is 0 Å². The van der Waals surface area contributed by atoms with E-state index in [0.29, 0.717) is 25.9 Å². The maximum Gasteiger partial charge on any atom is 0.305 e. The van der Waals surface area contributed by atoms with Crippen LogP contribution in [0.4, 0.5) is 0 Å². The van der Waals surface area contributed by atoms with Crippen LogP contribution in [0.3, 0.4) is 0 Å². The molecule has 0 aliphatic heterocycles. The number of unbranched alkanes of at least 4 members (excludes halogenated alkanes) is 47. The highest BCUT2D eigenvalue weighted by molar-refractivity contribution is 5.76. The molecule has 0 aromatic rings. The maximum atomic E-state index is 12.5. The predicted molar refractivity (Wildman–Crippen MR) is 292 cm³/mol. The third kappa shape index (κ3) is 54.0. The van der Waals surface area contributed by atoms with E-state index in [9.17, 15) is 19.8 Å². The van der Waals surface area contributed by atoms with E-state index in [0.717, 1.165) is 51.4 Å². The smallest absolute Gasteiger partial charge is 0.305 e. The summed E-state index contributed by atoms with van der Waals surface area (Å²) in [5.41, 5.74) is 0. The molecule has 0 saturated carbocycles. The highest BCUT2D eigenvalue weighted by atomic mass is 16.5. The predicted octanol–water partition coefficient (Wildman–Crippen LogP) is 19.1. The number of hydrogen-bond donors (Lipinski definition) is 3. The van der Waals surface area contributed by atoms with Crippen molar-refractivity contribution in [2.75, 3.05) is 13.2 Å². The minimum atomic E-state index is -0.672. The Morgan fingerprint density at radius 2 is 0.612 bits per heavy atom. The van der Waals surface area contributed by atoms with Gasteiger partial charge in [0.05, 0.1) is 25.4 Å². The highest BCUT2D eigenvalue weighted by Crippen LogP contribution is 2.18. The van der Waals surface area contributed by atoms with Gasteiger partial charge in [-0.05, 0) is 25.7 Å². The Kier molecular flexibility index (Phi) is 56.5. The molecular formula is C61H121NO5. The van der Waals surface area contributed by atoms with Crippen molar-refractivity contribution in [3.63, 3.8) is 0 Å². The molecule has 0 rings (SSSR count). The maximum absolute atomic E-state index is 12.5. The van der Waals surface area contributed by atoms with Crippen LogP contribution in [0.1, 0.15) is 354 Å². The number of aliphatic hydroxyl groups is 2. The molecule has 400 valence electrons. The van der Waals surface area contributed by atoms with Crippen molar-refractivity contribution in [3.8, 4) is 0 Å². The van der Waals surface area contributed by atoms with E-state index in [1.807, 2.05) is 0 Å². The molecule has 0 aliphatic carbocycles. The monoisotopic (exact) mass is 948 g/mol. The van der Waals surface area contributed by atoms with Crippen LogP contribution in [0.15, 0.2) is 0 Å². The summed E-state index contributed by atoms with van der Waals surface area (Å²) in [6.45, 7) is 4.97. The van der Waals surface area contributed by atoms with E-state index < -0.39 is 12.1 Å². The van der Waals surface area contributed by atoms with Gasteiger partial charge in [0.15, 0.2) is 0 Å². The van der Waals surface area contributed by atoms with Crippen molar-refractivity contribution in [2.24, 2.45) is 0 Å². The number of esters is 1. The molecule has 67 heavy (non-hydrogen) atoms. The van der Waals surface area contributed by atoms with Crippen LogP contribution >= 0.6 is 0 Å². The second-order valence-corrected chi connectivity index (χ2v) is 21.4. The Bertz CT molecular complexity index is 959. The molecule has 6 nitrogen and oxygen atoms in total. The van der Waals surface area contributed by atoms with Gasteiger partial charge in [0, 0.05) is 12.8 Å². The van der Waals surface area contributed by atoms with E-state index in [2.05, 4.69) is 19.2 Å². The van der Waals surface area contributed by atoms with E-state index in [1.54, 1.807) is 0 Å². The number of amides is 1. The lowest BCUT2D eigenvalue weighted by Crippen LogP contribution is -2.45. The second kappa shape index (κ2) is 57.4. The Hall–Kier alpha value is -1.14. The first-order chi connectivity index (χ1) is 33.0. The highest BCUT2D eigenvalue weighted by Gasteiger charge is 2.20. The zero-order chi connectivity index (χ0) is 48.6. The Morgan fingerprint density at radius 1 is 0.358 bits per heavy atom. The fourth-order valence-electron chi connectivity index (χ4n) is 9.94. The summed E-state index contributed by atoms with van der Waals surface area (Å²) >= 11 is 0. The van der Waals surface area contributed by atoms with Crippen LogP contribution in [0.2, 0.25) is 0 Å². The number of carbonyl (C=O) groups excluding carboxylic acids is 2. The van der Waals surface area contributed by atoms with Gasteiger partial charge in [0.2, 0.25) is 5.91 Å². The van der Waals surface area contributed by atoms with Gasteiger partial charge in [0.1, 0.15) is 0 Å². The molecule has 0 bridgehead atoms. The summed E-state index contributed by atoms with van der Waals surface area (Å²) < 4.78 is 5.49. The fraction of sp³-hybridized carbons (Fsp3) is 0.967. The van der Waals surface area contributed by atoms with Gasteiger partial charge in [-0.2, -0.15) is 0 Å². The van der Waals surface area contributed by atoms with Gasteiger partial charge in [-0.1, -0.05) is 316 Å². The Labute approximate surface area is 419 Å². The normalized spacial score (nSPS) is 12.5.